The second-order valence-electron chi connectivity index (χ2n) is 4.54. The molecule has 0 atom stereocenters. The van der Waals surface area contributed by atoms with Crippen LogP contribution in [0, 0.1) is 11.3 Å². The molecule has 2 aromatic rings. The first-order valence-corrected chi connectivity index (χ1v) is 6.52. The Kier molecular flexibility index (Phi) is 3.57. The minimum Gasteiger partial charge on any atom is -0.378 e. The molecule has 5 heteroatoms. The van der Waals surface area contributed by atoms with E-state index in [1.807, 2.05) is 18.2 Å². The molecule has 0 bridgehead atoms. The average molecular weight is 266 g/mol. The fraction of sp³-hybridized carbons (Fsp3) is 0.267. The number of nitriles is 1. The summed E-state index contributed by atoms with van der Waals surface area (Å²) in [6, 6.07) is 7.94. The van der Waals surface area contributed by atoms with Crippen molar-refractivity contribution >= 4 is 5.82 Å². The van der Waals surface area contributed by atoms with Crippen molar-refractivity contribution in [2.24, 2.45) is 0 Å². The number of pyridine rings is 2. The third-order valence-electron chi connectivity index (χ3n) is 3.31. The van der Waals surface area contributed by atoms with Crippen LogP contribution in [0.1, 0.15) is 5.56 Å². The van der Waals surface area contributed by atoms with Gasteiger partial charge in [0.05, 0.1) is 18.8 Å². The first-order valence-electron chi connectivity index (χ1n) is 6.52. The average Bonchev–Trinajstić information content (AvgIpc) is 2.56. The number of nitrogens with zero attached hydrogens (tertiary/aromatic N) is 4. The predicted octanol–water partition coefficient (Wildman–Crippen LogP) is 1.85. The summed E-state index contributed by atoms with van der Waals surface area (Å²) in [7, 11) is 0. The van der Waals surface area contributed by atoms with E-state index in [9.17, 15) is 5.26 Å². The maximum absolute atomic E-state index is 9.36. The van der Waals surface area contributed by atoms with Crippen LogP contribution in [0.15, 0.2) is 36.8 Å². The van der Waals surface area contributed by atoms with Crippen molar-refractivity contribution in [3.8, 4) is 17.2 Å². The van der Waals surface area contributed by atoms with Crippen molar-refractivity contribution in [1.29, 1.82) is 5.26 Å². The molecular formula is C15H14N4O. The Labute approximate surface area is 117 Å². The maximum Gasteiger partial charge on any atom is 0.146 e. The molecule has 0 saturated carbocycles. The zero-order chi connectivity index (χ0) is 13.8. The van der Waals surface area contributed by atoms with Crippen molar-refractivity contribution in [1.82, 2.24) is 9.97 Å². The summed E-state index contributed by atoms with van der Waals surface area (Å²) in [4.78, 5) is 10.6. The molecule has 100 valence electrons. The molecule has 0 N–H and O–H groups in total. The Bertz CT molecular complexity index is 630. The van der Waals surface area contributed by atoms with E-state index in [0.717, 1.165) is 30.0 Å². The first-order chi connectivity index (χ1) is 9.88. The second-order valence-corrected chi connectivity index (χ2v) is 4.54. The molecule has 3 rings (SSSR count). The number of rotatable bonds is 2. The Balaban J connectivity index is 1.96. The summed E-state index contributed by atoms with van der Waals surface area (Å²) in [5.41, 5.74) is 2.54. The van der Waals surface area contributed by atoms with Gasteiger partial charge in [-0.1, -0.05) is 0 Å². The number of anilines is 1. The number of ether oxygens (including phenoxy) is 1. The summed E-state index contributed by atoms with van der Waals surface area (Å²) in [6.45, 7) is 2.91. The van der Waals surface area contributed by atoms with Gasteiger partial charge in [-0.2, -0.15) is 5.26 Å². The topological polar surface area (TPSA) is 62.0 Å². The van der Waals surface area contributed by atoms with Gasteiger partial charge in [-0.05, 0) is 23.8 Å². The highest BCUT2D eigenvalue weighted by Crippen LogP contribution is 2.24. The molecule has 0 amide bonds. The minimum absolute atomic E-state index is 0.598. The number of hydrogen-bond donors (Lipinski definition) is 0. The Morgan fingerprint density at radius 1 is 1.15 bits per heavy atom. The Morgan fingerprint density at radius 3 is 2.60 bits per heavy atom. The molecule has 3 heterocycles. The van der Waals surface area contributed by atoms with Gasteiger partial charge in [-0.25, -0.2) is 4.98 Å². The lowest BCUT2D eigenvalue weighted by molar-refractivity contribution is 0.122. The van der Waals surface area contributed by atoms with Gasteiger partial charge >= 0.3 is 0 Å². The van der Waals surface area contributed by atoms with E-state index in [1.54, 1.807) is 18.6 Å². The van der Waals surface area contributed by atoms with Crippen molar-refractivity contribution < 1.29 is 4.74 Å². The number of hydrogen-bond acceptors (Lipinski definition) is 5. The maximum atomic E-state index is 9.36. The molecular weight excluding hydrogens is 252 g/mol. The zero-order valence-electron chi connectivity index (χ0n) is 11.0. The monoisotopic (exact) mass is 266 g/mol. The van der Waals surface area contributed by atoms with E-state index in [1.165, 1.54) is 0 Å². The lowest BCUT2D eigenvalue weighted by atomic mass is 10.1. The van der Waals surface area contributed by atoms with Crippen LogP contribution in [0.4, 0.5) is 5.82 Å². The Morgan fingerprint density at radius 2 is 1.90 bits per heavy atom. The van der Waals surface area contributed by atoms with Crippen LogP contribution in [-0.2, 0) is 4.74 Å². The van der Waals surface area contributed by atoms with Crippen LogP contribution >= 0.6 is 0 Å². The Hall–Kier alpha value is -2.45. The van der Waals surface area contributed by atoms with Crippen molar-refractivity contribution in [3.05, 3.63) is 42.4 Å². The molecule has 1 aliphatic rings. The molecule has 20 heavy (non-hydrogen) atoms. The van der Waals surface area contributed by atoms with Crippen LogP contribution in [0.3, 0.4) is 0 Å². The highest BCUT2D eigenvalue weighted by Gasteiger charge is 2.16. The standard InChI is InChI=1S/C15H14N4O/c16-10-13-9-14(12-1-3-17-4-2-12)11-18-15(13)19-5-7-20-8-6-19/h1-4,9,11H,5-8H2. The van der Waals surface area contributed by atoms with Crippen LogP contribution < -0.4 is 4.90 Å². The lowest BCUT2D eigenvalue weighted by Crippen LogP contribution is -2.37. The van der Waals surface area contributed by atoms with Gasteiger partial charge in [-0.15, -0.1) is 0 Å². The van der Waals surface area contributed by atoms with Crippen LogP contribution in [0.2, 0.25) is 0 Å². The number of aromatic nitrogens is 2. The molecule has 1 aliphatic heterocycles. The highest BCUT2D eigenvalue weighted by molar-refractivity contribution is 5.67. The molecule has 0 aliphatic carbocycles. The molecule has 0 aromatic carbocycles. The van der Waals surface area contributed by atoms with E-state index in [0.29, 0.717) is 18.8 Å². The fourth-order valence-corrected chi connectivity index (χ4v) is 2.27. The predicted molar refractivity (Wildman–Crippen MR) is 75.2 cm³/mol. The molecule has 2 aromatic heterocycles. The van der Waals surface area contributed by atoms with Crippen LogP contribution in [0.5, 0.6) is 0 Å². The summed E-state index contributed by atoms with van der Waals surface area (Å²) in [5, 5.41) is 9.36. The summed E-state index contributed by atoms with van der Waals surface area (Å²) in [6.07, 6.45) is 5.27. The summed E-state index contributed by atoms with van der Waals surface area (Å²) < 4.78 is 5.33. The normalized spacial score (nSPS) is 14.8. The molecule has 5 nitrogen and oxygen atoms in total. The van der Waals surface area contributed by atoms with Gasteiger partial charge in [-0.3, -0.25) is 4.98 Å². The largest absolute Gasteiger partial charge is 0.378 e. The van der Waals surface area contributed by atoms with Gasteiger partial charge in [0.15, 0.2) is 0 Å². The highest BCUT2D eigenvalue weighted by atomic mass is 16.5. The fourth-order valence-electron chi connectivity index (χ4n) is 2.27. The van der Waals surface area contributed by atoms with Gasteiger partial charge in [0.1, 0.15) is 11.9 Å². The third-order valence-corrected chi connectivity index (χ3v) is 3.31. The van der Waals surface area contributed by atoms with Crippen LogP contribution in [-0.4, -0.2) is 36.3 Å². The van der Waals surface area contributed by atoms with Gasteiger partial charge in [0.25, 0.3) is 0 Å². The SMILES string of the molecule is N#Cc1cc(-c2ccncc2)cnc1N1CCOCC1. The van der Waals surface area contributed by atoms with Crippen molar-refractivity contribution in [2.45, 2.75) is 0 Å². The third kappa shape index (κ3) is 2.46. The smallest absolute Gasteiger partial charge is 0.146 e. The van der Waals surface area contributed by atoms with E-state index < -0.39 is 0 Å². The summed E-state index contributed by atoms with van der Waals surface area (Å²) >= 11 is 0. The molecule has 1 saturated heterocycles. The van der Waals surface area contributed by atoms with E-state index in [4.69, 9.17) is 4.74 Å². The van der Waals surface area contributed by atoms with Gasteiger partial charge in [0, 0.05) is 37.2 Å². The number of morpholine rings is 1. The van der Waals surface area contributed by atoms with E-state index in [-0.39, 0.29) is 0 Å². The molecule has 0 radical (unpaired) electrons. The molecule has 0 spiro atoms. The summed E-state index contributed by atoms with van der Waals surface area (Å²) in [5.74, 6) is 0.744. The van der Waals surface area contributed by atoms with Gasteiger partial charge in [0.2, 0.25) is 0 Å². The van der Waals surface area contributed by atoms with Crippen molar-refractivity contribution in [2.75, 3.05) is 31.2 Å². The van der Waals surface area contributed by atoms with E-state index >= 15 is 0 Å². The van der Waals surface area contributed by atoms with Gasteiger partial charge < -0.3 is 9.64 Å². The molecule has 1 fully saturated rings. The first kappa shape index (κ1) is 12.6. The quantitative estimate of drug-likeness (QED) is 0.830. The zero-order valence-corrected chi connectivity index (χ0v) is 11.0. The van der Waals surface area contributed by atoms with Crippen molar-refractivity contribution in [3.63, 3.8) is 0 Å². The lowest BCUT2D eigenvalue weighted by Gasteiger charge is -2.28. The minimum atomic E-state index is 0.598. The second kappa shape index (κ2) is 5.68. The van der Waals surface area contributed by atoms with Crippen LogP contribution in [0.25, 0.3) is 11.1 Å². The molecule has 0 unspecified atom stereocenters. The van der Waals surface area contributed by atoms with E-state index in [2.05, 4.69) is 20.9 Å².